The number of amides is 1. The number of benzene rings is 1. The molecule has 5 heteroatoms. The van der Waals surface area contributed by atoms with Gasteiger partial charge >= 0.3 is 0 Å². The van der Waals surface area contributed by atoms with Gasteiger partial charge in [0.05, 0.1) is 15.8 Å². The van der Waals surface area contributed by atoms with Gasteiger partial charge in [0.1, 0.15) is 0 Å². The van der Waals surface area contributed by atoms with Gasteiger partial charge in [-0.3, -0.25) is 4.79 Å². The van der Waals surface area contributed by atoms with Crippen molar-refractivity contribution in [3.63, 3.8) is 0 Å². The van der Waals surface area contributed by atoms with E-state index in [1.807, 2.05) is 24.3 Å². The van der Waals surface area contributed by atoms with Crippen molar-refractivity contribution < 1.29 is 9.53 Å². The number of hydrogen-bond donors (Lipinski definition) is 1. The van der Waals surface area contributed by atoms with Crippen molar-refractivity contribution in [2.45, 2.75) is 13.2 Å². The lowest BCUT2D eigenvalue weighted by molar-refractivity contribution is 0.0955. The van der Waals surface area contributed by atoms with Crippen molar-refractivity contribution in [3.8, 4) is 0 Å². The summed E-state index contributed by atoms with van der Waals surface area (Å²) in [7, 11) is 1.67. The van der Waals surface area contributed by atoms with Crippen molar-refractivity contribution >= 4 is 28.8 Å². The van der Waals surface area contributed by atoms with E-state index in [-0.39, 0.29) is 5.91 Å². The fraction of sp³-hybridized carbons (Fsp3) is 0.214. The van der Waals surface area contributed by atoms with Crippen LogP contribution >= 0.6 is 22.9 Å². The van der Waals surface area contributed by atoms with Crippen LogP contribution in [0.3, 0.4) is 0 Å². The van der Waals surface area contributed by atoms with E-state index in [0.717, 1.165) is 11.1 Å². The van der Waals surface area contributed by atoms with Gasteiger partial charge in [0.2, 0.25) is 0 Å². The quantitative estimate of drug-likeness (QED) is 0.917. The lowest BCUT2D eigenvalue weighted by atomic mass is 10.1. The largest absolute Gasteiger partial charge is 0.380 e. The number of thiophene rings is 1. The van der Waals surface area contributed by atoms with Gasteiger partial charge in [-0.15, -0.1) is 11.3 Å². The number of carbonyl (C=O) groups excluding carboxylic acids is 1. The molecule has 0 unspecified atom stereocenters. The molecule has 1 heterocycles. The predicted octanol–water partition coefficient (Wildman–Crippen LogP) is 3.48. The zero-order chi connectivity index (χ0) is 13.7. The Morgan fingerprint density at radius 1 is 1.21 bits per heavy atom. The Hall–Kier alpha value is -1.36. The SMILES string of the molecule is COCc1ccc(CNC(=O)c2ccc(Cl)s2)cc1. The van der Waals surface area contributed by atoms with Gasteiger partial charge in [-0.05, 0) is 23.3 Å². The number of rotatable bonds is 5. The van der Waals surface area contributed by atoms with Crippen LogP contribution in [0.1, 0.15) is 20.8 Å². The van der Waals surface area contributed by atoms with Gasteiger partial charge < -0.3 is 10.1 Å². The summed E-state index contributed by atoms with van der Waals surface area (Å²) in [6.45, 7) is 1.10. The van der Waals surface area contributed by atoms with Gasteiger partial charge in [-0.2, -0.15) is 0 Å². The van der Waals surface area contributed by atoms with Crippen LogP contribution < -0.4 is 5.32 Å². The van der Waals surface area contributed by atoms with Gasteiger partial charge in [0, 0.05) is 13.7 Å². The van der Waals surface area contributed by atoms with Crippen molar-refractivity contribution in [2.24, 2.45) is 0 Å². The first-order valence-corrected chi connectivity index (χ1v) is 6.99. The summed E-state index contributed by atoms with van der Waals surface area (Å²) in [4.78, 5) is 12.4. The van der Waals surface area contributed by atoms with Crippen LogP contribution in [0.15, 0.2) is 36.4 Å². The van der Waals surface area contributed by atoms with Crippen LogP contribution in [-0.2, 0) is 17.9 Å². The van der Waals surface area contributed by atoms with E-state index in [4.69, 9.17) is 16.3 Å². The summed E-state index contributed by atoms with van der Waals surface area (Å²) in [6, 6.07) is 11.4. The third-order valence-electron chi connectivity index (χ3n) is 2.58. The fourth-order valence-corrected chi connectivity index (χ4v) is 2.59. The van der Waals surface area contributed by atoms with Crippen molar-refractivity contribution in [3.05, 3.63) is 56.7 Å². The first-order valence-electron chi connectivity index (χ1n) is 5.79. The highest BCUT2D eigenvalue weighted by atomic mass is 35.5. The summed E-state index contributed by atoms with van der Waals surface area (Å²) in [5, 5.41) is 2.86. The molecule has 0 spiro atoms. The molecule has 0 saturated heterocycles. The summed E-state index contributed by atoms with van der Waals surface area (Å²) in [5.41, 5.74) is 2.17. The Labute approximate surface area is 121 Å². The van der Waals surface area contributed by atoms with Gasteiger partial charge in [0.25, 0.3) is 5.91 Å². The average Bonchev–Trinajstić information content (AvgIpc) is 2.85. The third kappa shape index (κ3) is 4.06. The molecule has 0 fully saturated rings. The molecule has 1 aromatic carbocycles. The minimum absolute atomic E-state index is 0.0992. The Balaban J connectivity index is 1.89. The Morgan fingerprint density at radius 2 is 1.89 bits per heavy atom. The molecule has 0 atom stereocenters. The normalized spacial score (nSPS) is 10.4. The standard InChI is InChI=1S/C14H14ClNO2S/c1-18-9-11-4-2-10(3-5-11)8-16-14(17)12-6-7-13(15)19-12/h2-7H,8-9H2,1H3,(H,16,17). The number of halogens is 1. The van der Waals surface area contributed by atoms with Gasteiger partial charge in [0.15, 0.2) is 0 Å². The number of ether oxygens (including phenoxy) is 1. The second kappa shape index (κ2) is 6.70. The van der Waals surface area contributed by atoms with Crippen LogP contribution in [0.5, 0.6) is 0 Å². The first-order chi connectivity index (χ1) is 9.19. The number of nitrogens with one attached hydrogen (secondary N) is 1. The van der Waals surface area contributed by atoms with E-state index in [1.165, 1.54) is 11.3 Å². The fourth-order valence-electron chi connectivity index (χ4n) is 1.63. The van der Waals surface area contributed by atoms with E-state index in [9.17, 15) is 4.79 Å². The maximum absolute atomic E-state index is 11.8. The number of carbonyl (C=O) groups is 1. The monoisotopic (exact) mass is 295 g/mol. The van der Waals surface area contributed by atoms with E-state index in [0.29, 0.717) is 22.4 Å². The first kappa shape index (κ1) is 14.1. The molecule has 0 aliphatic rings. The topological polar surface area (TPSA) is 38.3 Å². The van der Waals surface area contributed by atoms with Crippen LogP contribution in [0.2, 0.25) is 4.34 Å². The highest BCUT2D eigenvalue weighted by molar-refractivity contribution is 7.17. The van der Waals surface area contributed by atoms with Crippen LogP contribution in [0.4, 0.5) is 0 Å². The second-order valence-electron chi connectivity index (χ2n) is 4.04. The van der Waals surface area contributed by atoms with E-state index < -0.39 is 0 Å². The summed E-state index contributed by atoms with van der Waals surface area (Å²) in [6.07, 6.45) is 0. The third-order valence-corrected chi connectivity index (χ3v) is 3.81. The Morgan fingerprint density at radius 3 is 2.47 bits per heavy atom. The molecule has 0 aliphatic heterocycles. The molecular formula is C14H14ClNO2S. The van der Waals surface area contributed by atoms with E-state index in [2.05, 4.69) is 5.32 Å². The highest BCUT2D eigenvalue weighted by Crippen LogP contribution is 2.21. The summed E-state index contributed by atoms with van der Waals surface area (Å²) < 4.78 is 5.66. The maximum Gasteiger partial charge on any atom is 0.261 e. The smallest absolute Gasteiger partial charge is 0.261 e. The Kier molecular flexibility index (Phi) is 4.96. The molecule has 0 saturated carbocycles. The Bertz CT molecular complexity index is 551. The molecular weight excluding hydrogens is 282 g/mol. The van der Waals surface area contributed by atoms with Crippen LogP contribution in [-0.4, -0.2) is 13.0 Å². The zero-order valence-electron chi connectivity index (χ0n) is 10.5. The van der Waals surface area contributed by atoms with Crippen LogP contribution in [0, 0.1) is 0 Å². The number of methoxy groups -OCH3 is 1. The molecule has 0 aliphatic carbocycles. The molecule has 1 N–H and O–H groups in total. The highest BCUT2D eigenvalue weighted by Gasteiger charge is 2.07. The summed E-state index contributed by atoms with van der Waals surface area (Å²) >= 11 is 7.07. The predicted molar refractivity (Wildman–Crippen MR) is 77.7 cm³/mol. The molecule has 1 amide bonds. The molecule has 1 aromatic heterocycles. The molecule has 19 heavy (non-hydrogen) atoms. The second-order valence-corrected chi connectivity index (χ2v) is 5.75. The van der Waals surface area contributed by atoms with Crippen molar-refractivity contribution in [1.82, 2.24) is 5.32 Å². The average molecular weight is 296 g/mol. The molecule has 0 radical (unpaired) electrons. The van der Waals surface area contributed by atoms with E-state index >= 15 is 0 Å². The minimum Gasteiger partial charge on any atom is -0.380 e. The lowest BCUT2D eigenvalue weighted by Crippen LogP contribution is -2.21. The maximum atomic E-state index is 11.8. The van der Waals surface area contributed by atoms with Crippen molar-refractivity contribution in [2.75, 3.05) is 7.11 Å². The molecule has 2 rings (SSSR count). The van der Waals surface area contributed by atoms with Crippen molar-refractivity contribution in [1.29, 1.82) is 0 Å². The van der Waals surface area contributed by atoms with Crippen LogP contribution in [0.25, 0.3) is 0 Å². The number of hydrogen-bond acceptors (Lipinski definition) is 3. The summed E-state index contributed by atoms with van der Waals surface area (Å²) in [5.74, 6) is -0.0992. The lowest BCUT2D eigenvalue weighted by Gasteiger charge is -2.05. The molecule has 100 valence electrons. The van der Waals surface area contributed by atoms with Gasteiger partial charge in [-0.25, -0.2) is 0 Å². The zero-order valence-corrected chi connectivity index (χ0v) is 12.1. The molecule has 3 nitrogen and oxygen atoms in total. The van der Waals surface area contributed by atoms with Gasteiger partial charge in [-0.1, -0.05) is 35.9 Å². The molecule has 0 bridgehead atoms. The van der Waals surface area contributed by atoms with E-state index in [1.54, 1.807) is 19.2 Å². The molecule has 2 aromatic rings. The minimum atomic E-state index is -0.0992.